The van der Waals surface area contributed by atoms with Gasteiger partial charge < -0.3 is 24.2 Å². The highest BCUT2D eigenvalue weighted by molar-refractivity contribution is 7.80. The number of rotatable bonds is 8. The molecule has 0 saturated carbocycles. The van der Waals surface area contributed by atoms with E-state index in [-0.39, 0.29) is 5.82 Å². The molecule has 1 N–H and O–H groups in total. The van der Waals surface area contributed by atoms with E-state index in [1.165, 1.54) is 12.1 Å². The molecule has 0 bridgehead atoms. The highest BCUT2D eigenvalue weighted by Crippen LogP contribution is 2.37. The first-order valence-corrected chi connectivity index (χ1v) is 11.0. The van der Waals surface area contributed by atoms with E-state index in [1.54, 1.807) is 13.2 Å². The zero-order chi connectivity index (χ0) is 23.4. The van der Waals surface area contributed by atoms with Gasteiger partial charge in [-0.2, -0.15) is 4.98 Å². The molecular weight excluding hydrogens is 443 g/mol. The van der Waals surface area contributed by atoms with Crippen molar-refractivity contribution in [3.8, 4) is 17.1 Å². The minimum atomic E-state index is -0.444. The normalized spacial score (nSPS) is 16.2. The number of nitrogens with one attached hydrogen (secondary N) is 1. The molecule has 2 aromatic carbocycles. The van der Waals surface area contributed by atoms with Crippen LogP contribution in [0.3, 0.4) is 0 Å². The van der Waals surface area contributed by atoms with Crippen molar-refractivity contribution in [2.45, 2.75) is 19.9 Å². The second kappa shape index (κ2) is 10.1. The van der Waals surface area contributed by atoms with Crippen molar-refractivity contribution in [1.82, 2.24) is 20.4 Å². The summed E-state index contributed by atoms with van der Waals surface area (Å²) in [5.41, 5.74) is 3.07. The van der Waals surface area contributed by atoms with Crippen molar-refractivity contribution in [1.29, 1.82) is 0 Å². The summed E-state index contributed by atoms with van der Waals surface area (Å²) < 4.78 is 30.5. The van der Waals surface area contributed by atoms with Crippen LogP contribution >= 0.6 is 12.2 Å². The Balaban J connectivity index is 1.75. The predicted molar refractivity (Wildman–Crippen MR) is 127 cm³/mol. The molecule has 7 nitrogen and oxygen atoms in total. The van der Waals surface area contributed by atoms with Crippen LogP contribution in [0.2, 0.25) is 0 Å². The first-order valence-electron chi connectivity index (χ1n) is 10.6. The number of methoxy groups -OCH3 is 1. The molecule has 1 atom stereocenters. The Kier molecular flexibility index (Phi) is 7.00. The van der Waals surface area contributed by atoms with E-state index in [0.717, 1.165) is 22.6 Å². The zero-order valence-electron chi connectivity index (χ0n) is 18.7. The zero-order valence-corrected chi connectivity index (χ0v) is 19.5. The second-order valence-corrected chi connectivity index (χ2v) is 7.85. The minimum absolute atomic E-state index is 0.334. The van der Waals surface area contributed by atoms with Gasteiger partial charge in [-0.25, -0.2) is 4.39 Å². The summed E-state index contributed by atoms with van der Waals surface area (Å²) in [4.78, 5) is 6.58. The second-order valence-electron chi connectivity index (χ2n) is 7.46. The molecule has 172 valence electrons. The number of allylic oxidation sites excluding steroid dienone is 1. The van der Waals surface area contributed by atoms with Gasteiger partial charge >= 0.3 is 0 Å². The van der Waals surface area contributed by atoms with Gasteiger partial charge in [-0.05, 0) is 68.0 Å². The van der Waals surface area contributed by atoms with Crippen LogP contribution in [-0.4, -0.2) is 47.0 Å². The number of nitrogens with zero attached hydrogens (tertiary/aromatic N) is 3. The lowest BCUT2D eigenvalue weighted by Crippen LogP contribution is -2.47. The molecule has 9 heteroatoms. The molecule has 0 aliphatic carbocycles. The summed E-state index contributed by atoms with van der Waals surface area (Å²) in [6.45, 7) is 5.50. The van der Waals surface area contributed by atoms with Gasteiger partial charge in [-0.1, -0.05) is 17.3 Å². The average Bonchev–Trinajstić information content (AvgIpc) is 3.29. The average molecular weight is 469 g/mol. The Morgan fingerprint density at radius 3 is 2.70 bits per heavy atom. The fourth-order valence-electron chi connectivity index (χ4n) is 3.76. The van der Waals surface area contributed by atoms with Crippen LogP contribution in [-0.2, 0) is 4.74 Å². The van der Waals surface area contributed by atoms with Crippen molar-refractivity contribution < 1.29 is 18.4 Å². The summed E-state index contributed by atoms with van der Waals surface area (Å²) in [5.74, 6) is 1.22. The topological polar surface area (TPSA) is 72.7 Å². The molecule has 1 aliphatic heterocycles. The molecule has 0 amide bonds. The number of halogens is 1. The van der Waals surface area contributed by atoms with Gasteiger partial charge in [-0.15, -0.1) is 0 Å². The number of ether oxygens (including phenoxy) is 2. The van der Waals surface area contributed by atoms with E-state index >= 15 is 0 Å². The van der Waals surface area contributed by atoms with Crippen LogP contribution < -0.4 is 10.1 Å². The van der Waals surface area contributed by atoms with Crippen molar-refractivity contribution in [3.05, 3.63) is 71.5 Å². The molecule has 0 spiro atoms. The summed E-state index contributed by atoms with van der Waals surface area (Å²) in [5, 5.41) is 8.01. The number of hydrogen-bond donors (Lipinski definition) is 1. The van der Waals surface area contributed by atoms with Crippen LogP contribution in [0.4, 0.5) is 4.39 Å². The fourth-order valence-corrected chi connectivity index (χ4v) is 4.11. The van der Waals surface area contributed by atoms with E-state index in [1.807, 2.05) is 49.1 Å². The highest BCUT2D eigenvalue weighted by Gasteiger charge is 2.34. The summed E-state index contributed by atoms with van der Waals surface area (Å²) >= 11 is 5.60. The standard InChI is InChI=1S/C24H25FN4O3S/c1-4-31-19-10-8-16(9-11-19)22-27-23(32-28-22)20-15(2)29(12-13-30-3)24(33)26-21(20)17-6-5-7-18(25)14-17/h5-11,14,21H,4,12-13H2,1-3H3,(H,26,33). The van der Waals surface area contributed by atoms with E-state index in [4.69, 9.17) is 26.2 Å². The third kappa shape index (κ3) is 4.89. The van der Waals surface area contributed by atoms with Gasteiger partial charge in [0.15, 0.2) is 5.11 Å². The molecule has 4 rings (SSSR count). The van der Waals surface area contributed by atoms with Crippen molar-refractivity contribution >= 4 is 22.9 Å². The van der Waals surface area contributed by atoms with Gasteiger partial charge in [0, 0.05) is 24.9 Å². The van der Waals surface area contributed by atoms with Crippen LogP contribution in [0.1, 0.15) is 31.3 Å². The molecule has 0 fully saturated rings. The molecular formula is C24H25FN4O3S. The lowest BCUT2D eigenvalue weighted by molar-refractivity contribution is 0.183. The van der Waals surface area contributed by atoms with Crippen molar-refractivity contribution in [2.24, 2.45) is 0 Å². The van der Waals surface area contributed by atoms with Crippen molar-refractivity contribution in [2.75, 3.05) is 26.9 Å². The Labute approximate surface area is 197 Å². The molecule has 2 heterocycles. The maximum atomic E-state index is 14.0. The predicted octanol–water partition coefficient (Wildman–Crippen LogP) is 4.58. The van der Waals surface area contributed by atoms with Crippen molar-refractivity contribution in [3.63, 3.8) is 0 Å². The monoisotopic (exact) mass is 468 g/mol. The van der Waals surface area contributed by atoms with Gasteiger partial charge in [0.25, 0.3) is 5.89 Å². The van der Waals surface area contributed by atoms with Gasteiger partial charge in [0.1, 0.15) is 11.6 Å². The summed E-state index contributed by atoms with van der Waals surface area (Å²) in [6, 6.07) is 13.4. The van der Waals surface area contributed by atoms with Gasteiger partial charge in [-0.3, -0.25) is 0 Å². The first kappa shape index (κ1) is 22.9. The van der Waals surface area contributed by atoms with Crippen LogP contribution in [0, 0.1) is 5.82 Å². The van der Waals surface area contributed by atoms with Crippen LogP contribution in [0.5, 0.6) is 5.75 Å². The molecule has 33 heavy (non-hydrogen) atoms. The third-order valence-electron chi connectivity index (χ3n) is 5.38. The maximum Gasteiger partial charge on any atom is 0.258 e. The van der Waals surface area contributed by atoms with Gasteiger partial charge in [0.2, 0.25) is 5.82 Å². The molecule has 3 aromatic rings. The SMILES string of the molecule is CCOc1ccc(-c2noc(C3=C(C)N(CCOC)C(=S)NC3c3cccc(F)c3)n2)cc1. The Bertz CT molecular complexity index is 1160. The smallest absolute Gasteiger partial charge is 0.258 e. The molecule has 1 aliphatic rings. The van der Waals surface area contributed by atoms with Crippen LogP contribution in [0.25, 0.3) is 17.0 Å². The number of hydrogen-bond acceptors (Lipinski definition) is 6. The lowest BCUT2D eigenvalue weighted by atomic mass is 9.94. The summed E-state index contributed by atoms with van der Waals surface area (Å²) in [6.07, 6.45) is 0. The quantitative estimate of drug-likeness (QED) is 0.482. The Morgan fingerprint density at radius 1 is 1.21 bits per heavy atom. The maximum absolute atomic E-state index is 14.0. The highest BCUT2D eigenvalue weighted by atomic mass is 32.1. The molecule has 1 aromatic heterocycles. The molecule has 1 unspecified atom stereocenters. The van der Waals surface area contributed by atoms with E-state index in [9.17, 15) is 4.39 Å². The van der Waals surface area contributed by atoms with Crippen LogP contribution in [0.15, 0.2) is 58.8 Å². The first-order chi connectivity index (χ1) is 16.0. The van der Waals surface area contributed by atoms with E-state index in [2.05, 4.69) is 15.5 Å². The summed E-state index contributed by atoms with van der Waals surface area (Å²) in [7, 11) is 1.64. The largest absolute Gasteiger partial charge is 0.494 e. The third-order valence-corrected chi connectivity index (χ3v) is 5.72. The van der Waals surface area contributed by atoms with E-state index in [0.29, 0.717) is 42.1 Å². The molecule has 0 saturated heterocycles. The lowest BCUT2D eigenvalue weighted by Gasteiger charge is -2.37. The Hall–Kier alpha value is -3.30. The fraction of sp³-hybridized carbons (Fsp3) is 0.292. The molecule has 0 radical (unpaired) electrons. The number of benzene rings is 2. The Morgan fingerprint density at radius 2 is 2.00 bits per heavy atom. The van der Waals surface area contributed by atoms with Gasteiger partial charge in [0.05, 0.1) is 24.8 Å². The minimum Gasteiger partial charge on any atom is -0.494 e. The number of thiocarbonyl (C=S) groups is 1. The van der Waals surface area contributed by atoms with E-state index < -0.39 is 6.04 Å². The number of aromatic nitrogens is 2.